The van der Waals surface area contributed by atoms with E-state index in [1.54, 1.807) is 4.68 Å². The number of hydrogen-bond donors (Lipinski definition) is 1. The van der Waals surface area contributed by atoms with E-state index in [0.717, 1.165) is 43.0 Å². The summed E-state index contributed by atoms with van der Waals surface area (Å²) in [6, 6.07) is 0.344. The Morgan fingerprint density at radius 2 is 2.17 bits per heavy atom. The van der Waals surface area contributed by atoms with Gasteiger partial charge < -0.3 is 10.2 Å². The maximum absolute atomic E-state index is 12.7. The molecule has 0 radical (unpaired) electrons. The minimum atomic E-state index is 0.131. The second-order valence-electron chi connectivity index (χ2n) is 4.98. The second-order valence-corrected chi connectivity index (χ2v) is 4.98. The number of hydrogen-bond acceptors (Lipinski definition) is 3. The molecule has 2 heterocycles. The molecule has 0 spiro atoms. The third kappa shape index (κ3) is 2.14. The Morgan fingerprint density at radius 3 is 2.56 bits per heavy atom. The van der Waals surface area contributed by atoms with E-state index in [2.05, 4.69) is 17.3 Å². The number of amides is 1. The van der Waals surface area contributed by atoms with E-state index in [9.17, 15) is 4.79 Å². The molecule has 0 saturated carbocycles. The lowest BCUT2D eigenvalue weighted by Gasteiger charge is -2.38. The molecule has 0 aliphatic carbocycles. The van der Waals surface area contributed by atoms with Crippen molar-refractivity contribution < 1.29 is 4.79 Å². The van der Waals surface area contributed by atoms with Crippen molar-refractivity contribution >= 4 is 5.91 Å². The third-order valence-corrected chi connectivity index (χ3v) is 3.65. The summed E-state index contributed by atoms with van der Waals surface area (Å²) in [5, 5.41) is 7.56. The zero-order valence-electron chi connectivity index (χ0n) is 11.7. The molecule has 1 aliphatic heterocycles. The molecule has 1 aromatic heterocycles. The SMILES string of the molecule is CCCN(C(=O)c1c(C)nn(C)c1C)C1CNC1. The van der Waals surface area contributed by atoms with Crippen LogP contribution in [0.25, 0.3) is 0 Å². The van der Waals surface area contributed by atoms with E-state index >= 15 is 0 Å². The summed E-state index contributed by atoms with van der Waals surface area (Å²) in [5.41, 5.74) is 2.55. The normalized spacial score (nSPS) is 15.6. The molecule has 0 atom stereocenters. The van der Waals surface area contributed by atoms with Crippen molar-refractivity contribution in [2.75, 3.05) is 19.6 Å². The summed E-state index contributed by atoms with van der Waals surface area (Å²) in [5.74, 6) is 0.131. The Morgan fingerprint density at radius 1 is 1.50 bits per heavy atom. The number of aryl methyl sites for hydroxylation is 2. The fraction of sp³-hybridized carbons (Fsp3) is 0.692. The summed E-state index contributed by atoms with van der Waals surface area (Å²) < 4.78 is 1.78. The van der Waals surface area contributed by atoms with Crippen LogP contribution in [0.1, 0.15) is 35.1 Å². The number of rotatable bonds is 4. The molecular formula is C13H22N4O. The molecule has 1 amide bonds. The number of carbonyl (C=O) groups is 1. The standard InChI is InChI=1S/C13H22N4O/c1-5-6-17(11-7-14-8-11)13(18)12-9(2)15-16(4)10(12)3/h11,14H,5-8H2,1-4H3. The van der Waals surface area contributed by atoms with Crippen LogP contribution in [-0.4, -0.2) is 46.3 Å². The molecule has 0 aromatic carbocycles. The Hall–Kier alpha value is -1.36. The maximum Gasteiger partial charge on any atom is 0.257 e. The maximum atomic E-state index is 12.7. The summed E-state index contributed by atoms with van der Waals surface area (Å²) >= 11 is 0. The number of aromatic nitrogens is 2. The number of carbonyl (C=O) groups excluding carboxylic acids is 1. The Labute approximate surface area is 108 Å². The first-order chi connectivity index (χ1) is 8.56. The van der Waals surface area contributed by atoms with Gasteiger partial charge in [-0.2, -0.15) is 5.10 Å². The average Bonchev–Trinajstić information content (AvgIpc) is 2.49. The molecule has 5 heteroatoms. The van der Waals surface area contributed by atoms with E-state index in [-0.39, 0.29) is 5.91 Å². The van der Waals surface area contributed by atoms with Gasteiger partial charge in [0.1, 0.15) is 0 Å². The summed E-state index contributed by atoms with van der Waals surface area (Å²) in [7, 11) is 1.88. The average molecular weight is 250 g/mol. The fourth-order valence-electron chi connectivity index (χ4n) is 2.41. The summed E-state index contributed by atoms with van der Waals surface area (Å²) in [4.78, 5) is 14.7. The van der Waals surface area contributed by atoms with E-state index < -0.39 is 0 Å². The molecule has 18 heavy (non-hydrogen) atoms. The lowest BCUT2D eigenvalue weighted by atomic mass is 10.1. The van der Waals surface area contributed by atoms with Crippen LogP contribution in [0.4, 0.5) is 0 Å². The molecule has 1 saturated heterocycles. The predicted molar refractivity (Wildman–Crippen MR) is 70.7 cm³/mol. The molecule has 100 valence electrons. The number of nitrogens with zero attached hydrogens (tertiary/aromatic N) is 3. The monoisotopic (exact) mass is 250 g/mol. The van der Waals surface area contributed by atoms with Gasteiger partial charge in [0, 0.05) is 32.4 Å². The highest BCUT2D eigenvalue weighted by Crippen LogP contribution is 2.18. The van der Waals surface area contributed by atoms with Crippen LogP contribution in [-0.2, 0) is 7.05 Å². The van der Waals surface area contributed by atoms with Gasteiger partial charge in [-0.1, -0.05) is 6.92 Å². The largest absolute Gasteiger partial charge is 0.333 e. The molecular weight excluding hydrogens is 228 g/mol. The van der Waals surface area contributed by atoms with Crippen LogP contribution in [0.2, 0.25) is 0 Å². The summed E-state index contributed by atoms with van der Waals surface area (Å²) in [6.07, 6.45) is 0.987. The predicted octanol–water partition coefficient (Wildman–Crippen LogP) is 0.861. The van der Waals surface area contributed by atoms with Crippen molar-refractivity contribution in [2.45, 2.75) is 33.2 Å². The first-order valence-electron chi connectivity index (χ1n) is 6.58. The van der Waals surface area contributed by atoms with Crippen LogP contribution < -0.4 is 5.32 Å². The van der Waals surface area contributed by atoms with Crippen LogP contribution in [0.15, 0.2) is 0 Å². The third-order valence-electron chi connectivity index (χ3n) is 3.65. The van der Waals surface area contributed by atoms with Crippen LogP contribution in [0, 0.1) is 13.8 Å². The van der Waals surface area contributed by atoms with Gasteiger partial charge >= 0.3 is 0 Å². The van der Waals surface area contributed by atoms with E-state index in [1.165, 1.54) is 0 Å². The van der Waals surface area contributed by atoms with Crippen LogP contribution in [0.3, 0.4) is 0 Å². The number of nitrogens with one attached hydrogen (secondary N) is 1. The van der Waals surface area contributed by atoms with Crippen molar-refractivity contribution in [3.8, 4) is 0 Å². The van der Waals surface area contributed by atoms with Crippen LogP contribution in [0.5, 0.6) is 0 Å². The molecule has 5 nitrogen and oxygen atoms in total. The zero-order chi connectivity index (χ0) is 13.3. The molecule has 1 fully saturated rings. The fourth-order valence-corrected chi connectivity index (χ4v) is 2.41. The van der Waals surface area contributed by atoms with Gasteiger partial charge in [-0.05, 0) is 20.3 Å². The van der Waals surface area contributed by atoms with E-state index in [0.29, 0.717) is 6.04 Å². The van der Waals surface area contributed by atoms with Gasteiger partial charge in [0.25, 0.3) is 5.91 Å². The topological polar surface area (TPSA) is 50.2 Å². The molecule has 1 aromatic rings. The Bertz CT molecular complexity index is 448. The highest BCUT2D eigenvalue weighted by Gasteiger charge is 2.31. The van der Waals surface area contributed by atoms with Gasteiger partial charge in [-0.25, -0.2) is 0 Å². The minimum Gasteiger partial charge on any atom is -0.333 e. The molecule has 0 bridgehead atoms. The minimum absolute atomic E-state index is 0.131. The Kier molecular flexibility index (Phi) is 3.71. The van der Waals surface area contributed by atoms with E-state index in [1.807, 2.05) is 25.8 Å². The molecule has 1 aliphatic rings. The van der Waals surface area contributed by atoms with Crippen molar-refractivity contribution in [3.05, 3.63) is 17.0 Å². The summed E-state index contributed by atoms with van der Waals surface area (Å²) in [6.45, 7) is 8.60. The van der Waals surface area contributed by atoms with Gasteiger partial charge in [-0.3, -0.25) is 9.48 Å². The lowest BCUT2D eigenvalue weighted by Crippen LogP contribution is -2.59. The van der Waals surface area contributed by atoms with Crippen molar-refractivity contribution in [1.29, 1.82) is 0 Å². The second kappa shape index (κ2) is 5.10. The van der Waals surface area contributed by atoms with Crippen LogP contribution >= 0.6 is 0 Å². The zero-order valence-corrected chi connectivity index (χ0v) is 11.7. The van der Waals surface area contributed by atoms with Gasteiger partial charge in [0.05, 0.1) is 17.3 Å². The lowest BCUT2D eigenvalue weighted by molar-refractivity contribution is 0.0614. The highest BCUT2D eigenvalue weighted by atomic mass is 16.2. The quantitative estimate of drug-likeness (QED) is 0.862. The molecule has 0 unspecified atom stereocenters. The smallest absolute Gasteiger partial charge is 0.257 e. The van der Waals surface area contributed by atoms with Gasteiger partial charge in [-0.15, -0.1) is 0 Å². The molecule has 1 N–H and O–H groups in total. The van der Waals surface area contributed by atoms with E-state index in [4.69, 9.17) is 0 Å². The van der Waals surface area contributed by atoms with Crippen molar-refractivity contribution in [2.24, 2.45) is 7.05 Å². The van der Waals surface area contributed by atoms with Crippen molar-refractivity contribution in [1.82, 2.24) is 20.0 Å². The first kappa shape index (κ1) is 13.1. The highest BCUT2D eigenvalue weighted by molar-refractivity contribution is 5.96. The first-order valence-corrected chi connectivity index (χ1v) is 6.58. The molecule has 2 rings (SSSR count). The Balaban J connectivity index is 2.26. The van der Waals surface area contributed by atoms with Crippen molar-refractivity contribution in [3.63, 3.8) is 0 Å². The van der Waals surface area contributed by atoms with Gasteiger partial charge in [0.15, 0.2) is 0 Å². The van der Waals surface area contributed by atoms with Gasteiger partial charge in [0.2, 0.25) is 0 Å².